The van der Waals surface area contributed by atoms with Crippen LogP contribution in [0.5, 0.6) is 0 Å². The van der Waals surface area contributed by atoms with Crippen LogP contribution in [0.25, 0.3) is 27.5 Å². The second-order valence-electron chi connectivity index (χ2n) is 7.23. The summed E-state index contributed by atoms with van der Waals surface area (Å²) in [6.07, 6.45) is 2.50. The number of aromatic nitrogens is 1. The van der Waals surface area contributed by atoms with Crippen LogP contribution >= 0.6 is 0 Å². The fourth-order valence-corrected chi connectivity index (χ4v) is 4.10. The average Bonchev–Trinajstić information content (AvgIpc) is 3.28. The molecule has 3 nitrogen and oxygen atoms in total. The third kappa shape index (κ3) is 2.39. The van der Waals surface area contributed by atoms with Crippen molar-refractivity contribution in [3.05, 3.63) is 71.8 Å². The summed E-state index contributed by atoms with van der Waals surface area (Å²) in [5, 5.41) is 2.57. The molecule has 1 fully saturated rings. The Balaban J connectivity index is 1.81. The predicted molar refractivity (Wildman–Crippen MR) is 108 cm³/mol. The van der Waals surface area contributed by atoms with Crippen molar-refractivity contribution >= 4 is 27.5 Å². The molecule has 3 aromatic carbocycles. The highest BCUT2D eigenvalue weighted by atomic mass is 16.5. The fraction of sp³-hybridized carbons (Fsp3) is 0.217. The second kappa shape index (κ2) is 5.89. The van der Waals surface area contributed by atoms with Crippen molar-refractivity contribution < 1.29 is 4.74 Å². The van der Waals surface area contributed by atoms with E-state index >= 15 is 0 Å². The van der Waals surface area contributed by atoms with Crippen LogP contribution in [0.15, 0.2) is 60.7 Å². The molecule has 5 rings (SSSR count). The van der Waals surface area contributed by atoms with Crippen molar-refractivity contribution in [1.82, 2.24) is 4.57 Å². The minimum Gasteiger partial charge on any atom is -0.399 e. The second-order valence-corrected chi connectivity index (χ2v) is 7.23. The van der Waals surface area contributed by atoms with Crippen molar-refractivity contribution in [3.63, 3.8) is 0 Å². The van der Waals surface area contributed by atoms with Crippen molar-refractivity contribution in [2.24, 2.45) is 0 Å². The van der Waals surface area contributed by atoms with Gasteiger partial charge in [0, 0.05) is 28.8 Å². The molecule has 0 amide bonds. The SMILES string of the molecule is Cc1ccc2c(c1)c1cc(C3CCCO3)ccc1n2-c1ccc(N)cc1. The lowest BCUT2D eigenvalue weighted by Crippen LogP contribution is -1.97. The molecule has 0 saturated carbocycles. The van der Waals surface area contributed by atoms with E-state index in [0.717, 1.165) is 30.8 Å². The molecule has 1 aromatic heterocycles. The molecule has 0 spiro atoms. The molecule has 130 valence electrons. The summed E-state index contributed by atoms with van der Waals surface area (Å²) in [7, 11) is 0. The maximum Gasteiger partial charge on any atom is 0.0826 e. The first-order valence-corrected chi connectivity index (χ1v) is 9.23. The zero-order chi connectivity index (χ0) is 17.7. The van der Waals surface area contributed by atoms with E-state index in [9.17, 15) is 0 Å². The van der Waals surface area contributed by atoms with Crippen LogP contribution in [0, 0.1) is 6.92 Å². The number of hydrogen-bond donors (Lipinski definition) is 1. The number of nitrogens with zero attached hydrogens (tertiary/aromatic N) is 1. The largest absolute Gasteiger partial charge is 0.399 e. The van der Waals surface area contributed by atoms with E-state index in [1.54, 1.807) is 0 Å². The smallest absolute Gasteiger partial charge is 0.0826 e. The normalized spacial score (nSPS) is 17.3. The van der Waals surface area contributed by atoms with Gasteiger partial charge in [-0.2, -0.15) is 0 Å². The predicted octanol–water partition coefficient (Wildman–Crippen LogP) is 5.53. The fourth-order valence-electron chi connectivity index (χ4n) is 4.10. The summed E-state index contributed by atoms with van der Waals surface area (Å²) in [6.45, 7) is 3.02. The molecule has 2 N–H and O–H groups in total. The summed E-state index contributed by atoms with van der Waals surface area (Å²) in [4.78, 5) is 0. The molecule has 1 saturated heterocycles. The van der Waals surface area contributed by atoms with Gasteiger partial charge in [0.05, 0.1) is 17.1 Å². The first-order chi connectivity index (χ1) is 12.7. The summed E-state index contributed by atoms with van der Waals surface area (Å²) >= 11 is 0. The molecule has 1 aliphatic rings. The Morgan fingerprint density at radius 3 is 2.38 bits per heavy atom. The molecule has 4 aromatic rings. The summed E-state index contributed by atoms with van der Waals surface area (Å²) in [5.74, 6) is 0. The van der Waals surface area contributed by atoms with E-state index in [0.29, 0.717) is 0 Å². The number of ether oxygens (including phenoxy) is 1. The van der Waals surface area contributed by atoms with Gasteiger partial charge in [0.25, 0.3) is 0 Å². The Hall–Kier alpha value is -2.78. The first-order valence-electron chi connectivity index (χ1n) is 9.23. The van der Waals surface area contributed by atoms with Gasteiger partial charge < -0.3 is 15.0 Å². The minimum atomic E-state index is 0.235. The van der Waals surface area contributed by atoms with Gasteiger partial charge in [0.2, 0.25) is 0 Å². The van der Waals surface area contributed by atoms with E-state index in [4.69, 9.17) is 10.5 Å². The van der Waals surface area contributed by atoms with E-state index in [2.05, 4.69) is 60.0 Å². The van der Waals surface area contributed by atoms with Gasteiger partial charge in [-0.15, -0.1) is 0 Å². The van der Waals surface area contributed by atoms with Crippen LogP contribution in [-0.4, -0.2) is 11.2 Å². The molecular weight excluding hydrogens is 320 g/mol. The summed E-state index contributed by atoms with van der Waals surface area (Å²) in [6, 6.07) is 21.5. The van der Waals surface area contributed by atoms with Crippen LogP contribution in [0.1, 0.15) is 30.1 Å². The third-order valence-electron chi connectivity index (χ3n) is 5.40. The Kier molecular flexibility index (Phi) is 3.50. The van der Waals surface area contributed by atoms with Gasteiger partial charge in [-0.25, -0.2) is 0 Å². The molecule has 3 heteroatoms. The van der Waals surface area contributed by atoms with E-state index in [1.165, 1.54) is 32.9 Å². The number of fused-ring (bicyclic) bond motifs is 3. The van der Waals surface area contributed by atoms with Gasteiger partial charge in [-0.05, 0) is 73.9 Å². The molecule has 1 atom stereocenters. The lowest BCUT2D eigenvalue weighted by molar-refractivity contribution is 0.112. The monoisotopic (exact) mass is 342 g/mol. The van der Waals surface area contributed by atoms with Gasteiger partial charge in [-0.3, -0.25) is 0 Å². The highest BCUT2D eigenvalue weighted by Crippen LogP contribution is 2.36. The highest BCUT2D eigenvalue weighted by Gasteiger charge is 2.20. The topological polar surface area (TPSA) is 40.2 Å². The quantitative estimate of drug-likeness (QED) is 0.487. The maximum atomic E-state index is 5.91. The van der Waals surface area contributed by atoms with Gasteiger partial charge in [0.1, 0.15) is 0 Å². The first kappa shape index (κ1) is 15.5. The van der Waals surface area contributed by atoms with Gasteiger partial charge in [0.15, 0.2) is 0 Å². The molecule has 26 heavy (non-hydrogen) atoms. The van der Waals surface area contributed by atoms with Gasteiger partial charge >= 0.3 is 0 Å². The van der Waals surface area contributed by atoms with Crippen LogP contribution < -0.4 is 5.73 Å². The molecule has 0 aliphatic carbocycles. The number of anilines is 1. The van der Waals surface area contributed by atoms with E-state index < -0.39 is 0 Å². The Morgan fingerprint density at radius 1 is 0.923 bits per heavy atom. The van der Waals surface area contributed by atoms with Crippen LogP contribution in [0.2, 0.25) is 0 Å². The average molecular weight is 342 g/mol. The molecule has 1 unspecified atom stereocenters. The number of rotatable bonds is 2. The van der Waals surface area contributed by atoms with Crippen molar-refractivity contribution in [2.45, 2.75) is 25.9 Å². The Morgan fingerprint density at radius 2 is 1.65 bits per heavy atom. The zero-order valence-corrected chi connectivity index (χ0v) is 14.9. The molecule has 0 bridgehead atoms. The van der Waals surface area contributed by atoms with Gasteiger partial charge in [-0.1, -0.05) is 17.7 Å². The maximum absolute atomic E-state index is 5.91. The van der Waals surface area contributed by atoms with E-state index in [1.807, 2.05) is 12.1 Å². The van der Waals surface area contributed by atoms with Crippen LogP contribution in [0.4, 0.5) is 5.69 Å². The number of nitrogens with two attached hydrogens (primary N) is 1. The number of aryl methyl sites for hydroxylation is 1. The summed E-state index contributed by atoms with van der Waals surface area (Å²) < 4.78 is 8.23. The highest BCUT2D eigenvalue weighted by molar-refractivity contribution is 6.09. The number of hydrogen-bond acceptors (Lipinski definition) is 2. The lowest BCUT2D eigenvalue weighted by Gasteiger charge is -2.11. The van der Waals surface area contributed by atoms with Crippen molar-refractivity contribution in [1.29, 1.82) is 0 Å². The Bertz CT molecular complexity index is 1100. The molecular formula is C23H22N2O. The van der Waals surface area contributed by atoms with E-state index in [-0.39, 0.29) is 6.10 Å². The zero-order valence-electron chi connectivity index (χ0n) is 14.9. The van der Waals surface area contributed by atoms with Crippen molar-refractivity contribution in [2.75, 3.05) is 12.3 Å². The standard InChI is InChI=1S/C23H22N2O/c1-15-4-10-21-19(13-15)20-14-16(23-3-2-12-26-23)5-11-22(20)25(21)18-8-6-17(24)7-9-18/h4-11,13-14,23H,2-3,12,24H2,1H3. The van der Waals surface area contributed by atoms with Crippen molar-refractivity contribution in [3.8, 4) is 5.69 Å². The molecule has 0 radical (unpaired) electrons. The summed E-state index contributed by atoms with van der Waals surface area (Å²) in [5.41, 5.74) is 12.8. The number of benzene rings is 3. The Labute approximate surface area is 153 Å². The minimum absolute atomic E-state index is 0.235. The van der Waals surface area contributed by atoms with Crippen LogP contribution in [-0.2, 0) is 4.74 Å². The number of nitrogen functional groups attached to an aromatic ring is 1. The molecule has 1 aliphatic heterocycles. The molecule has 2 heterocycles. The lowest BCUT2D eigenvalue weighted by atomic mass is 10.0. The third-order valence-corrected chi connectivity index (χ3v) is 5.40. The van der Waals surface area contributed by atoms with Crippen LogP contribution in [0.3, 0.4) is 0 Å².